The third-order valence-corrected chi connectivity index (χ3v) is 2.29. The zero-order chi connectivity index (χ0) is 10.9. The predicted octanol–water partition coefficient (Wildman–Crippen LogP) is 0.722. The Hall–Kier alpha value is -1.28. The van der Waals surface area contributed by atoms with Crippen molar-refractivity contribution in [3.8, 4) is 6.07 Å². The number of nitrogens with zero attached hydrogens (tertiary/aromatic N) is 2. The van der Waals surface area contributed by atoms with Crippen molar-refractivity contribution in [2.75, 3.05) is 32.8 Å². The Morgan fingerprint density at radius 3 is 2.80 bits per heavy atom. The number of nitrogens with one attached hydrogen (secondary N) is 1. The average Bonchev–Trinajstić information content (AvgIpc) is 2.30. The van der Waals surface area contributed by atoms with E-state index >= 15 is 0 Å². The molecule has 1 rings (SSSR count). The maximum absolute atomic E-state index is 11.5. The van der Waals surface area contributed by atoms with Crippen LogP contribution in [0.3, 0.4) is 0 Å². The van der Waals surface area contributed by atoms with E-state index in [1.807, 2.05) is 0 Å². The maximum Gasteiger partial charge on any atom is 0.317 e. The van der Waals surface area contributed by atoms with Crippen LogP contribution in [0.2, 0.25) is 0 Å². The highest BCUT2D eigenvalue weighted by molar-refractivity contribution is 5.74. The molecule has 0 atom stereocenters. The van der Waals surface area contributed by atoms with Gasteiger partial charge in [-0.05, 0) is 12.8 Å². The number of ether oxygens (including phenoxy) is 1. The molecule has 1 N–H and O–H groups in total. The summed E-state index contributed by atoms with van der Waals surface area (Å²) in [5.41, 5.74) is 0. The number of carbonyl (C=O) groups excluding carboxylic acids is 1. The van der Waals surface area contributed by atoms with Crippen LogP contribution in [0.1, 0.15) is 19.3 Å². The smallest absolute Gasteiger partial charge is 0.317 e. The molecule has 1 heterocycles. The van der Waals surface area contributed by atoms with Crippen molar-refractivity contribution in [3.63, 3.8) is 0 Å². The summed E-state index contributed by atoms with van der Waals surface area (Å²) in [4.78, 5) is 13.3. The van der Waals surface area contributed by atoms with E-state index in [1.54, 1.807) is 4.90 Å². The van der Waals surface area contributed by atoms with Gasteiger partial charge in [-0.1, -0.05) is 0 Å². The van der Waals surface area contributed by atoms with Crippen molar-refractivity contribution < 1.29 is 9.53 Å². The number of urea groups is 1. The molecule has 0 aliphatic carbocycles. The van der Waals surface area contributed by atoms with Crippen LogP contribution in [0.25, 0.3) is 0 Å². The Morgan fingerprint density at radius 1 is 1.40 bits per heavy atom. The van der Waals surface area contributed by atoms with Crippen LogP contribution < -0.4 is 5.32 Å². The van der Waals surface area contributed by atoms with Gasteiger partial charge in [0.2, 0.25) is 0 Å². The molecule has 84 valence electrons. The van der Waals surface area contributed by atoms with Gasteiger partial charge in [-0.2, -0.15) is 5.26 Å². The first kappa shape index (κ1) is 11.8. The van der Waals surface area contributed by atoms with Crippen molar-refractivity contribution >= 4 is 6.03 Å². The highest BCUT2D eigenvalue weighted by atomic mass is 16.5. The Balaban J connectivity index is 2.05. The van der Waals surface area contributed by atoms with Gasteiger partial charge in [0.1, 0.15) is 0 Å². The van der Waals surface area contributed by atoms with Crippen LogP contribution in [0, 0.1) is 11.3 Å². The molecule has 5 nitrogen and oxygen atoms in total. The molecular formula is C10H17N3O2. The molecule has 0 aromatic rings. The molecule has 0 saturated carbocycles. The Kier molecular flexibility index (Phi) is 5.56. The van der Waals surface area contributed by atoms with E-state index < -0.39 is 0 Å². The second-order valence-corrected chi connectivity index (χ2v) is 3.45. The van der Waals surface area contributed by atoms with Crippen molar-refractivity contribution in [2.24, 2.45) is 0 Å². The fraction of sp³-hybridized carbons (Fsp3) is 0.800. The zero-order valence-electron chi connectivity index (χ0n) is 8.87. The third-order valence-electron chi connectivity index (χ3n) is 2.29. The van der Waals surface area contributed by atoms with E-state index in [-0.39, 0.29) is 6.03 Å². The van der Waals surface area contributed by atoms with Crippen molar-refractivity contribution in [1.82, 2.24) is 10.2 Å². The normalized spacial score (nSPS) is 15.8. The number of hydrogen-bond donors (Lipinski definition) is 1. The number of nitriles is 1. The first-order valence-corrected chi connectivity index (χ1v) is 5.32. The first-order valence-electron chi connectivity index (χ1n) is 5.32. The minimum atomic E-state index is -0.0183. The Labute approximate surface area is 90.0 Å². The van der Waals surface area contributed by atoms with Gasteiger partial charge in [0.25, 0.3) is 0 Å². The fourth-order valence-electron chi connectivity index (χ4n) is 1.40. The number of unbranched alkanes of at least 4 members (excludes halogenated alkanes) is 2. The minimum Gasteiger partial charge on any atom is -0.378 e. The zero-order valence-corrected chi connectivity index (χ0v) is 8.87. The fourth-order valence-corrected chi connectivity index (χ4v) is 1.40. The average molecular weight is 211 g/mol. The Bertz CT molecular complexity index is 231. The summed E-state index contributed by atoms with van der Waals surface area (Å²) < 4.78 is 5.15. The topological polar surface area (TPSA) is 65.4 Å². The number of morpholine rings is 1. The number of hydrogen-bond acceptors (Lipinski definition) is 3. The van der Waals surface area contributed by atoms with Crippen LogP contribution >= 0.6 is 0 Å². The number of rotatable bonds is 4. The van der Waals surface area contributed by atoms with Crippen LogP contribution in [0.5, 0.6) is 0 Å². The van der Waals surface area contributed by atoms with Crippen molar-refractivity contribution in [2.45, 2.75) is 19.3 Å². The summed E-state index contributed by atoms with van der Waals surface area (Å²) in [7, 11) is 0. The van der Waals surface area contributed by atoms with Gasteiger partial charge in [-0.3, -0.25) is 0 Å². The summed E-state index contributed by atoms with van der Waals surface area (Å²) in [6, 6.07) is 2.06. The second kappa shape index (κ2) is 7.07. The molecule has 1 saturated heterocycles. The predicted molar refractivity (Wildman–Crippen MR) is 55.3 cm³/mol. The third kappa shape index (κ3) is 4.66. The van der Waals surface area contributed by atoms with E-state index in [4.69, 9.17) is 10.00 Å². The van der Waals surface area contributed by atoms with Gasteiger partial charge in [0.15, 0.2) is 0 Å². The molecule has 5 heteroatoms. The van der Waals surface area contributed by atoms with Gasteiger partial charge in [-0.15, -0.1) is 0 Å². The highest BCUT2D eigenvalue weighted by Gasteiger charge is 2.15. The second-order valence-electron chi connectivity index (χ2n) is 3.45. The summed E-state index contributed by atoms with van der Waals surface area (Å²) in [5, 5.41) is 11.2. The molecule has 0 aromatic carbocycles. The lowest BCUT2D eigenvalue weighted by molar-refractivity contribution is 0.0532. The maximum atomic E-state index is 11.5. The molecule has 0 aromatic heterocycles. The quantitative estimate of drug-likeness (QED) is 0.697. The summed E-state index contributed by atoms with van der Waals surface area (Å²) in [6.45, 7) is 3.25. The molecule has 0 spiro atoms. The minimum absolute atomic E-state index is 0.0183. The molecule has 1 aliphatic rings. The molecule has 2 amide bonds. The van der Waals surface area contributed by atoms with Crippen LogP contribution in [0.15, 0.2) is 0 Å². The van der Waals surface area contributed by atoms with Gasteiger partial charge in [0.05, 0.1) is 19.3 Å². The van der Waals surface area contributed by atoms with Crippen LogP contribution in [-0.2, 0) is 4.74 Å². The molecule has 0 radical (unpaired) electrons. The van der Waals surface area contributed by atoms with Gasteiger partial charge >= 0.3 is 6.03 Å². The molecule has 0 unspecified atom stereocenters. The summed E-state index contributed by atoms with van der Waals surface area (Å²) in [5.74, 6) is 0. The van der Waals surface area contributed by atoms with E-state index in [0.717, 1.165) is 12.8 Å². The van der Waals surface area contributed by atoms with Gasteiger partial charge in [-0.25, -0.2) is 4.79 Å². The molecule has 0 bridgehead atoms. The van der Waals surface area contributed by atoms with E-state index in [1.165, 1.54) is 0 Å². The van der Waals surface area contributed by atoms with Crippen LogP contribution in [0.4, 0.5) is 4.79 Å². The standard InChI is InChI=1S/C10H17N3O2/c11-4-2-1-3-5-12-10(14)13-6-8-15-9-7-13/h1-3,5-9H2,(H,12,14). The van der Waals surface area contributed by atoms with Gasteiger partial charge in [0, 0.05) is 26.1 Å². The molecule has 1 fully saturated rings. The molecule has 15 heavy (non-hydrogen) atoms. The number of amides is 2. The van der Waals surface area contributed by atoms with E-state index in [0.29, 0.717) is 39.3 Å². The largest absolute Gasteiger partial charge is 0.378 e. The summed E-state index contributed by atoms with van der Waals surface area (Å²) >= 11 is 0. The van der Waals surface area contributed by atoms with Crippen molar-refractivity contribution in [1.29, 1.82) is 5.26 Å². The lowest BCUT2D eigenvalue weighted by Crippen LogP contribution is -2.46. The lowest BCUT2D eigenvalue weighted by atomic mass is 10.2. The van der Waals surface area contributed by atoms with Crippen molar-refractivity contribution in [3.05, 3.63) is 0 Å². The molecule has 1 aliphatic heterocycles. The molecular weight excluding hydrogens is 194 g/mol. The Morgan fingerprint density at radius 2 is 2.13 bits per heavy atom. The highest BCUT2D eigenvalue weighted by Crippen LogP contribution is 1.97. The van der Waals surface area contributed by atoms with E-state index in [9.17, 15) is 4.79 Å². The van der Waals surface area contributed by atoms with E-state index in [2.05, 4.69) is 11.4 Å². The lowest BCUT2D eigenvalue weighted by Gasteiger charge is -2.26. The monoisotopic (exact) mass is 211 g/mol. The van der Waals surface area contributed by atoms with Gasteiger partial charge < -0.3 is 15.0 Å². The van der Waals surface area contributed by atoms with Crippen LogP contribution in [-0.4, -0.2) is 43.8 Å². The summed E-state index contributed by atoms with van der Waals surface area (Å²) in [6.07, 6.45) is 2.27. The first-order chi connectivity index (χ1) is 7.34. The SMILES string of the molecule is N#CCCCCNC(=O)N1CCOCC1. The number of carbonyl (C=O) groups is 1.